The Morgan fingerprint density at radius 2 is 1.33 bits per heavy atom. The third kappa shape index (κ3) is 15.3. The zero-order valence-corrected chi connectivity index (χ0v) is 12.2. The van der Waals surface area contributed by atoms with Crippen LogP contribution in [-0.4, -0.2) is 0 Å². The Labute approximate surface area is 114 Å². The number of ether oxygens (including phenoxy) is 1. The van der Waals surface area contributed by atoms with Crippen molar-refractivity contribution in [2.24, 2.45) is 0 Å². The van der Waals surface area contributed by atoms with Crippen molar-refractivity contribution in [3.8, 4) is 0 Å². The average molecular weight is 251 g/mol. The number of allylic oxidation sites excluding steroid dienone is 3. The van der Waals surface area contributed by atoms with Gasteiger partial charge in [0.05, 0.1) is 6.26 Å². The van der Waals surface area contributed by atoms with Gasteiger partial charge < -0.3 is 4.74 Å². The van der Waals surface area contributed by atoms with Crippen LogP contribution in [0.1, 0.15) is 77.6 Å². The summed E-state index contributed by atoms with van der Waals surface area (Å²) in [6.45, 7) is 2.27. The van der Waals surface area contributed by atoms with Crippen molar-refractivity contribution >= 4 is 0 Å². The smallest absolute Gasteiger partial charge is 0.121 e. The van der Waals surface area contributed by atoms with Crippen molar-refractivity contribution in [3.05, 3.63) is 31.6 Å². The Morgan fingerprint density at radius 1 is 0.778 bits per heavy atom. The largest absolute Gasteiger partial charge is 0.498 e. The first-order chi connectivity index (χ1) is 8.91. The first-order valence-corrected chi connectivity index (χ1v) is 7.64. The molecule has 0 aromatic heterocycles. The van der Waals surface area contributed by atoms with Crippen LogP contribution in [0.5, 0.6) is 0 Å². The van der Waals surface area contributed by atoms with Crippen LogP contribution >= 0.6 is 0 Å². The first-order valence-electron chi connectivity index (χ1n) is 7.64. The molecule has 1 nitrogen and oxygen atoms in total. The topological polar surface area (TPSA) is 9.23 Å². The lowest BCUT2D eigenvalue weighted by Crippen LogP contribution is -1.81. The molecular formula is C17H31O. The maximum atomic E-state index is 4.57. The summed E-state index contributed by atoms with van der Waals surface area (Å²) in [7, 11) is 3.26. The molecule has 0 aromatic rings. The molecule has 0 aliphatic rings. The molecule has 0 spiro atoms. The van der Waals surface area contributed by atoms with E-state index in [2.05, 4.69) is 24.8 Å². The van der Waals surface area contributed by atoms with Crippen molar-refractivity contribution in [2.75, 3.05) is 0 Å². The Morgan fingerprint density at radius 3 is 1.89 bits per heavy atom. The molecule has 0 rings (SSSR count). The molecule has 0 fully saturated rings. The van der Waals surface area contributed by atoms with E-state index in [0.717, 1.165) is 0 Å². The van der Waals surface area contributed by atoms with Gasteiger partial charge in [-0.1, -0.05) is 76.9 Å². The fourth-order valence-electron chi connectivity index (χ4n) is 2.03. The maximum Gasteiger partial charge on any atom is 0.121 e. The molecule has 0 atom stereocenters. The van der Waals surface area contributed by atoms with Crippen molar-refractivity contribution in [1.82, 2.24) is 0 Å². The molecule has 18 heavy (non-hydrogen) atoms. The number of rotatable bonds is 13. The summed E-state index contributed by atoms with van der Waals surface area (Å²) >= 11 is 0. The third-order valence-corrected chi connectivity index (χ3v) is 3.15. The molecule has 0 saturated carbocycles. The molecule has 0 N–H and O–H groups in total. The summed E-state index contributed by atoms with van der Waals surface area (Å²) in [4.78, 5) is 0. The third-order valence-electron chi connectivity index (χ3n) is 3.15. The fourth-order valence-corrected chi connectivity index (χ4v) is 2.03. The molecule has 0 aliphatic heterocycles. The molecular weight excluding hydrogens is 220 g/mol. The summed E-state index contributed by atoms with van der Waals surface area (Å²) in [6.07, 6.45) is 22.9. The second-order valence-electron chi connectivity index (χ2n) is 4.89. The lowest BCUT2D eigenvalue weighted by molar-refractivity contribution is 0.394. The van der Waals surface area contributed by atoms with Crippen LogP contribution in [0.25, 0.3) is 0 Å². The Kier molecular flexibility index (Phi) is 15.6. The van der Waals surface area contributed by atoms with Crippen LogP contribution in [-0.2, 0) is 4.74 Å². The summed E-state index contributed by atoms with van der Waals surface area (Å²) < 4.78 is 4.57. The fraction of sp³-hybridized carbons (Fsp3) is 0.706. The molecule has 0 saturated heterocycles. The van der Waals surface area contributed by atoms with E-state index in [1.165, 1.54) is 70.6 Å². The Bertz CT molecular complexity index is 194. The standard InChI is InChI=1S/C17H31O/c1-3-4-5-6-7-8-9-10-11-12-13-14-15-16-17-18-2/h14-17H,2-13H2,1H3. The quantitative estimate of drug-likeness (QED) is 0.216. The first kappa shape index (κ1) is 17.3. The van der Waals surface area contributed by atoms with E-state index in [-0.39, 0.29) is 0 Å². The highest BCUT2D eigenvalue weighted by Gasteiger charge is 1.91. The van der Waals surface area contributed by atoms with E-state index in [4.69, 9.17) is 0 Å². The maximum absolute atomic E-state index is 4.57. The Hall–Kier alpha value is -0.720. The summed E-state index contributed by atoms with van der Waals surface area (Å²) in [6, 6.07) is 0. The van der Waals surface area contributed by atoms with Crippen molar-refractivity contribution in [1.29, 1.82) is 0 Å². The van der Waals surface area contributed by atoms with Gasteiger partial charge in [0.25, 0.3) is 0 Å². The minimum Gasteiger partial charge on any atom is -0.498 e. The number of unbranched alkanes of at least 4 members (excludes halogenated alkanes) is 10. The van der Waals surface area contributed by atoms with Crippen LogP contribution in [0, 0.1) is 7.11 Å². The van der Waals surface area contributed by atoms with Gasteiger partial charge in [-0.25, -0.2) is 0 Å². The van der Waals surface area contributed by atoms with E-state index < -0.39 is 0 Å². The van der Waals surface area contributed by atoms with E-state index in [0.29, 0.717) is 0 Å². The van der Waals surface area contributed by atoms with Crippen molar-refractivity contribution < 1.29 is 4.74 Å². The van der Waals surface area contributed by atoms with Gasteiger partial charge in [0.15, 0.2) is 0 Å². The van der Waals surface area contributed by atoms with Crippen LogP contribution in [0.3, 0.4) is 0 Å². The highest BCUT2D eigenvalue weighted by atomic mass is 16.5. The van der Waals surface area contributed by atoms with Gasteiger partial charge in [0.1, 0.15) is 7.11 Å². The molecule has 0 amide bonds. The Balaban J connectivity index is 3.03. The average Bonchev–Trinajstić information content (AvgIpc) is 2.39. The predicted octanol–water partition coefficient (Wildman–Crippen LogP) is 6.18. The molecule has 105 valence electrons. The minimum atomic E-state index is 1.18. The highest BCUT2D eigenvalue weighted by Crippen LogP contribution is 2.11. The van der Waals surface area contributed by atoms with E-state index in [1.54, 1.807) is 6.26 Å². The molecule has 0 aliphatic carbocycles. The van der Waals surface area contributed by atoms with Crippen molar-refractivity contribution in [3.63, 3.8) is 0 Å². The van der Waals surface area contributed by atoms with E-state index >= 15 is 0 Å². The van der Waals surface area contributed by atoms with Gasteiger partial charge in [-0.2, -0.15) is 0 Å². The summed E-state index contributed by atoms with van der Waals surface area (Å²) in [5, 5.41) is 0. The van der Waals surface area contributed by atoms with Gasteiger partial charge in [-0.05, 0) is 18.9 Å². The summed E-state index contributed by atoms with van der Waals surface area (Å²) in [5.74, 6) is 0. The zero-order chi connectivity index (χ0) is 13.3. The van der Waals surface area contributed by atoms with Gasteiger partial charge >= 0.3 is 0 Å². The molecule has 0 unspecified atom stereocenters. The lowest BCUT2D eigenvalue weighted by atomic mass is 10.1. The molecule has 1 heteroatoms. The predicted molar refractivity (Wildman–Crippen MR) is 81.2 cm³/mol. The van der Waals surface area contributed by atoms with Crippen molar-refractivity contribution in [2.45, 2.75) is 77.6 Å². The van der Waals surface area contributed by atoms with Gasteiger partial charge in [0, 0.05) is 0 Å². The van der Waals surface area contributed by atoms with Gasteiger partial charge in [-0.15, -0.1) is 0 Å². The van der Waals surface area contributed by atoms with Crippen LogP contribution in [0.2, 0.25) is 0 Å². The monoisotopic (exact) mass is 251 g/mol. The highest BCUT2D eigenvalue weighted by molar-refractivity contribution is 4.99. The van der Waals surface area contributed by atoms with E-state index in [9.17, 15) is 0 Å². The molecule has 1 radical (unpaired) electrons. The SMILES string of the molecule is [CH2]OC=CC=CCCCCCCCCCCCC. The van der Waals surface area contributed by atoms with Crippen LogP contribution in [0.15, 0.2) is 24.5 Å². The van der Waals surface area contributed by atoms with Gasteiger partial charge in [0.2, 0.25) is 0 Å². The zero-order valence-electron chi connectivity index (χ0n) is 12.2. The molecule has 0 bridgehead atoms. The number of hydrogen-bond donors (Lipinski definition) is 0. The second-order valence-corrected chi connectivity index (χ2v) is 4.89. The van der Waals surface area contributed by atoms with Crippen LogP contribution in [0.4, 0.5) is 0 Å². The molecule has 0 aromatic carbocycles. The molecule has 0 heterocycles. The lowest BCUT2D eigenvalue weighted by Gasteiger charge is -2.01. The second kappa shape index (κ2) is 16.3. The van der Waals surface area contributed by atoms with Gasteiger partial charge in [-0.3, -0.25) is 0 Å². The van der Waals surface area contributed by atoms with E-state index in [1.807, 2.05) is 12.2 Å². The van der Waals surface area contributed by atoms with Crippen LogP contribution < -0.4 is 0 Å². The normalized spacial score (nSPS) is 11.7. The summed E-state index contributed by atoms with van der Waals surface area (Å²) in [5.41, 5.74) is 0. The minimum absolute atomic E-state index is 1.18. The number of hydrogen-bond acceptors (Lipinski definition) is 1.